The molecule has 9 nitrogen and oxygen atoms in total. The summed E-state index contributed by atoms with van der Waals surface area (Å²) in [5.74, 6) is 0.827. The second kappa shape index (κ2) is 8.75. The van der Waals surface area contributed by atoms with Crippen LogP contribution in [0.15, 0.2) is 52.1 Å². The highest BCUT2D eigenvalue weighted by atomic mass is 16.6. The first kappa shape index (κ1) is 19.6. The zero-order chi connectivity index (χ0) is 20.9. The maximum Gasteiger partial charge on any atom is 0.241 e. The molecule has 1 aromatic heterocycles. The number of nitrogens with zero attached hydrogens (tertiary/aromatic N) is 2. The number of carbonyl (C=O) groups excluding carboxylic acids is 2. The second-order valence-electron chi connectivity index (χ2n) is 6.84. The molecular weight excluding hydrogens is 386 g/mol. The van der Waals surface area contributed by atoms with Crippen LogP contribution in [0.3, 0.4) is 0 Å². The SMILES string of the molecule is CO/N=C(\NC=O)c1ccc2noc(-c3ccc(NC(=O)[C@@H]4CCCN4)cc3)c2c1. The molecule has 0 spiro atoms. The zero-order valence-corrected chi connectivity index (χ0v) is 16.3. The molecule has 1 aliphatic rings. The fourth-order valence-electron chi connectivity index (χ4n) is 3.45. The molecule has 1 atom stereocenters. The molecule has 0 aliphatic carbocycles. The predicted molar refractivity (Wildman–Crippen MR) is 112 cm³/mol. The van der Waals surface area contributed by atoms with Crippen LogP contribution in [-0.4, -0.2) is 43.0 Å². The molecule has 1 saturated heterocycles. The smallest absolute Gasteiger partial charge is 0.241 e. The van der Waals surface area contributed by atoms with E-state index in [0.717, 1.165) is 30.3 Å². The lowest BCUT2D eigenvalue weighted by Crippen LogP contribution is -2.35. The molecular formula is C21H21N5O4. The number of oxime groups is 1. The van der Waals surface area contributed by atoms with Gasteiger partial charge in [-0.3, -0.25) is 9.59 Å². The quantitative estimate of drug-likeness (QED) is 0.250. The van der Waals surface area contributed by atoms with Gasteiger partial charge in [-0.1, -0.05) is 10.3 Å². The first-order chi connectivity index (χ1) is 14.7. The van der Waals surface area contributed by atoms with Gasteiger partial charge in [0.2, 0.25) is 12.3 Å². The lowest BCUT2D eigenvalue weighted by atomic mass is 10.1. The van der Waals surface area contributed by atoms with Crippen molar-refractivity contribution in [2.45, 2.75) is 18.9 Å². The Morgan fingerprint density at radius 1 is 1.30 bits per heavy atom. The van der Waals surface area contributed by atoms with Crippen LogP contribution in [0, 0.1) is 0 Å². The predicted octanol–water partition coefficient (Wildman–Crippen LogP) is 2.24. The average molecular weight is 407 g/mol. The van der Waals surface area contributed by atoms with Crippen molar-refractivity contribution in [3.8, 4) is 11.3 Å². The number of amidine groups is 1. The normalized spacial score (nSPS) is 16.4. The highest BCUT2D eigenvalue weighted by Crippen LogP contribution is 2.30. The second-order valence-corrected chi connectivity index (χ2v) is 6.84. The van der Waals surface area contributed by atoms with Gasteiger partial charge in [0.25, 0.3) is 0 Å². The molecule has 4 rings (SSSR count). The third-order valence-electron chi connectivity index (χ3n) is 4.92. The summed E-state index contributed by atoms with van der Waals surface area (Å²) in [4.78, 5) is 27.9. The number of anilines is 1. The Labute approximate surface area is 172 Å². The van der Waals surface area contributed by atoms with Crippen molar-refractivity contribution in [3.05, 3.63) is 48.0 Å². The first-order valence-electron chi connectivity index (χ1n) is 9.55. The third kappa shape index (κ3) is 4.01. The molecule has 0 bridgehead atoms. The van der Waals surface area contributed by atoms with Gasteiger partial charge in [0.15, 0.2) is 11.6 Å². The molecule has 2 heterocycles. The van der Waals surface area contributed by atoms with Crippen LogP contribution < -0.4 is 16.0 Å². The minimum Gasteiger partial charge on any atom is -0.397 e. The van der Waals surface area contributed by atoms with E-state index in [0.29, 0.717) is 28.9 Å². The number of fused-ring (bicyclic) bond motifs is 1. The Morgan fingerprint density at radius 2 is 2.13 bits per heavy atom. The van der Waals surface area contributed by atoms with E-state index in [2.05, 4.69) is 26.3 Å². The summed E-state index contributed by atoms with van der Waals surface area (Å²) in [6, 6.07) is 12.6. The molecule has 1 fully saturated rings. The molecule has 1 aliphatic heterocycles. The molecule has 2 amide bonds. The number of rotatable bonds is 6. The molecule has 0 unspecified atom stereocenters. The molecule has 0 saturated carbocycles. The summed E-state index contributed by atoms with van der Waals surface area (Å²) in [6.45, 7) is 0.872. The van der Waals surface area contributed by atoms with E-state index >= 15 is 0 Å². The maximum absolute atomic E-state index is 12.3. The number of amides is 2. The molecule has 2 aromatic carbocycles. The van der Waals surface area contributed by atoms with Gasteiger partial charge in [-0.05, 0) is 61.9 Å². The van der Waals surface area contributed by atoms with E-state index in [1.165, 1.54) is 7.11 Å². The minimum atomic E-state index is -0.135. The topological polar surface area (TPSA) is 118 Å². The Hall–Kier alpha value is -3.72. The Bertz CT molecular complexity index is 1080. The van der Waals surface area contributed by atoms with Gasteiger partial charge in [-0.2, -0.15) is 0 Å². The highest BCUT2D eigenvalue weighted by Gasteiger charge is 2.22. The van der Waals surface area contributed by atoms with Gasteiger partial charge in [-0.25, -0.2) is 0 Å². The summed E-state index contributed by atoms with van der Waals surface area (Å²) in [5.41, 5.74) is 2.84. The highest BCUT2D eigenvalue weighted by molar-refractivity contribution is 6.06. The van der Waals surface area contributed by atoms with Crippen molar-refractivity contribution >= 4 is 34.7 Å². The van der Waals surface area contributed by atoms with Crippen LogP contribution in [0.1, 0.15) is 18.4 Å². The van der Waals surface area contributed by atoms with Crippen molar-refractivity contribution < 1.29 is 18.9 Å². The third-order valence-corrected chi connectivity index (χ3v) is 4.92. The number of hydrogen-bond acceptors (Lipinski definition) is 7. The summed E-state index contributed by atoms with van der Waals surface area (Å²) in [5, 5.41) is 17.3. The van der Waals surface area contributed by atoms with E-state index in [9.17, 15) is 9.59 Å². The van der Waals surface area contributed by atoms with Crippen molar-refractivity contribution in [1.29, 1.82) is 0 Å². The van der Waals surface area contributed by atoms with Crippen LogP contribution in [0.2, 0.25) is 0 Å². The fourth-order valence-corrected chi connectivity index (χ4v) is 3.45. The van der Waals surface area contributed by atoms with Crippen LogP contribution in [-0.2, 0) is 14.4 Å². The molecule has 3 aromatic rings. The maximum atomic E-state index is 12.3. The summed E-state index contributed by atoms with van der Waals surface area (Å²) >= 11 is 0. The van der Waals surface area contributed by atoms with Gasteiger partial charge < -0.3 is 25.3 Å². The van der Waals surface area contributed by atoms with E-state index in [1.54, 1.807) is 12.1 Å². The molecule has 30 heavy (non-hydrogen) atoms. The summed E-state index contributed by atoms with van der Waals surface area (Å²) < 4.78 is 5.55. The van der Waals surface area contributed by atoms with Crippen molar-refractivity contribution in [3.63, 3.8) is 0 Å². The number of hydrogen-bond donors (Lipinski definition) is 3. The van der Waals surface area contributed by atoms with Crippen molar-refractivity contribution in [1.82, 2.24) is 15.8 Å². The zero-order valence-electron chi connectivity index (χ0n) is 16.3. The van der Waals surface area contributed by atoms with E-state index in [1.807, 2.05) is 30.3 Å². The van der Waals surface area contributed by atoms with Gasteiger partial charge in [0, 0.05) is 16.8 Å². The van der Waals surface area contributed by atoms with Gasteiger partial charge >= 0.3 is 0 Å². The molecule has 154 valence electrons. The minimum absolute atomic E-state index is 0.0253. The number of carbonyl (C=O) groups is 2. The standard InChI is InChI=1S/C21H21N5O4/c1-29-26-20(23-12-27)14-6-9-17-16(11-14)19(30-25-17)13-4-7-15(8-5-13)24-21(28)18-3-2-10-22-18/h4-9,11-12,18,22H,2-3,10H2,1H3,(H,24,28)(H,23,26,27)/t18-/m0/s1. The largest absolute Gasteiger partial charge is 0.397 e. The van der Waals surface area contributed by atoms with Crippen molar-refractivity contribution in [2.75, 3.05) is 19.0 Å². The van der Waals surface area contributed by atoms with Crippen LogP contribution >= 0.6 is 0 Å². The lowest BCUT2D eigenvalue weighted by Gasteiger charge is -2.11. The van der Waals surface area contributed by atoms with Gasteiger partial charge in [0.1, 0.15) is 12.6 Å². The molecule has 9 heteroatoms. The number of nitrogens with one attached hydrogen (secondary N) is 3. The summed E-state index contributed by atoms with van der Waals surface area (Å²) in [7, 11) is 1.40. The Balaban J connectivity index is 1.59. The van der Waals surface area contributed by atoms with Crippen LogP contribution in [0.5, 0.6) is 0 Å². The van der Waals surface area contributed by atoms with Crippen molar-refractivity contribution in [2.24, 2.45) is 5.16 Å². The molecule has 3 N–H and O–H groups in total. The average Bonchev–Trinajstić information content (AvgIpc) is 3.44. The van der Waals surface area contributed by atoms with E-state index in [4.69, 9.17) is 9.36 Å². The Morgan fingerprint density at radius 3 is 2.83 bits per heavy atom. The number of aromatic nitrogens is 1. The monoisotopic (exact) mass is 407 g/mol. The van der Waals surface area contributed by atoms with E-state index < -0.39 is 0 Å². The summed E-state index contributed by atoms with van der Waals surface area (Å²) in [6.07, 6.45) is 2.39. The first-order valence-corrected chi connectivity index (χ1v) is 9.55. The number of benzene rings is 2. The van der Waals surface area contributed by atoms with Gasteiger partial charge in [0.05, 0.1) is 11.4 Å². The Kier molecular flexibility index (Phi) is 5.71. The van der Waals surface area contributed by atoms with Gasteiger partial charge in [-0.15, -0.1) is 0 Å². The fraction of sp³-hybridized carbons (Fsp3) is 0.238. The molecule has 0 radical (unpaired) electrons. The lowest BCUT2D eigenvalue weighted by molar-refractivity contribution is -0.117. The van der Waals surface area contributed by atoms with E-state index in [-0.39, 0.29) is 17.8 Å². The van der Waals surface area contributed by atoms with Crippen LogP contribution in [0.4, 0.5) is 5.69 Å². The van der Waals surface area contributed by atoms with Crippen LogP contribution in [0.25, 0.3) is 22.2 Å².